The van der Waals surface area contributed by atoms with Crippen molar-refractivity contribution in [2.45, 2.75) is 43.7 Å². The van der Waals surface area contributed by atoms with Crippen molar-refractivity contribution in [3.8, 4) is 0 Å². The molecular weight excluding hydrogens is 188 g/mol. The van der Waals surface area contributed by atoms with Crippen LogP contribution in [0.1, 0.15) is 32.1 Å². The van der Waals surface area contributed by atoms with Crippen LogP contribution in [-0.4, -0.2) is 42.8 Å². The zero-order valence-electron chi connectivity index (χ0n) is 9.45. The third kappa shape index (κ3) is 1.81. The molecular formula is C12H22N2O. The quantitative estimate of drug-likeness (QED) is 0.754. The van der Waals surface area contributed by atoms with E-state index in [2.05, 4.69) is 4.90 Å². The van der Waals surface area contributed by atoms with E-state index >= 15 is 0 Å². The Kier molecular flexibility index (Phi) is 2.49. The fourth-order valence-electron chi connectivity index (χ4n) is 3.18. The highest BCUT2D eigenvalue weighted by atomic mass is 16.5. The lowest BCUT2D eigenvalue weighted by molar-refractivity contribution is -0.0198. The van der Waals surface area contributed by atoms with E-state index in [4.69, 9.17) is 10.5 Å². The van der Waals surface area contributed by atoms with Crippen LogP contribution in [0.2, 0.25) is 0 Å². The second kappa shape index (κ2) is 3.72. The molecule has 1 saturated heterocycles. The van der Waals surface area contributed by atoms with Crippen LogP contribution in [0.25, 0.3) is 0 Å². The maximum atomic E-state index is 6.45. The van der Waals surface area contributed by atoms with Gasteiger partial charge in [-0.2, -0.15) is 0 Å². The third-order valence-corrected chi connectivity index (χ3v) is 4.45. The Hall–Kier alpha value is -0.120. The molecule has 0 aromatic carbocycles. The van der Waals surface area contributed by atoms with Crippen LogP contribution in [0.15, 0.2) is 0 Å². The van der Waals surface area contributed by atoms with Crippen molar-refractivity contribution in [2.24, 2.45) is 11.7 Å². The molecule has 0 bridgehead atoms. The number of ether oxygens (including phenoxy) is 1. The molecule has 86 valence electrons. The molecule has 1 atom stereocenters. The van der Waals surface area contributed by atoms with Gasteiger partial charge in [-0.1, -0.05) is 6.42 Å². The van der Waals surface area contributed by atoms with Crippen molar-refractivity contribution in [2.75, 3.05) is 26.3 Å². The molecule has 3 nitrogen and oxygen atoms in total. The van der Waals surface area contributed by atoms with Gasteiger partial charge >= 0.3 is 0 Å². The van der Waals surface area contributed by atoms with Gasteiger partial charge in [0.05, 0.1) is 13.2 Å². The smallest absolute Gasteiger partial charge is 0.0594 e. The van der Waals surface area contributed by atoms with Crippen LogP contribution in [0.5, 0.6) is 0 Å². The van der Waals surface area contributed by atoms with Gasteiger partial charge in [-0.05, 0) is 31.6 Å². The Labute approximate surface area is 91.9 Å². The minimum atomic E-state index is 0.169. The summed E-state index contributed by atoms with van der Waals surface area (Å²) >= 11 is 0. The van der Waals surface area contributed by atoms with Gasteiger partial charge in [-0.3, -0.25) is 4.90 Å². The number of nitrogens with two attached hydrogens (primary N) is 1. The van der Waals surface area contributed by atoms with Crippen molar-refractivity contribution in [1.29, 1.82) is 0 Å². The van der Waals surface area contributed by atoms with Crippen molar-refractivity contribution in [3.05, 3.63) is 0 Å². The van der Waals surface area contributed by atoms with Gasteiger partial charge < -0.3 is 10.5 Å². The highest BCUT2D eigenvalue weighted by Gasteiger charge is 2.52. The van der Waals surface area contributed by atoms with Gasteiger partial charge in [0.15, 0.2) is 0 Å². The molecule has 3 aliphatic rings. The molecule has 3 fully saturated rings. The lowest BCUT2D eigenvalue weighted by Crippen LogP contribution is -2.58. The lowest BCUT2D eigenvalue weighted by atomic mass is 9.75. The molecule has 0 amide bonds. The second-order valence-corrected chi connectivity index (χ2v) is 5.52. The number of rotatable bonds is 3. The first-order valence-corrected chi connectivity index (χ1v) is 6.40. The van der Waals surface area contributed by atoms with Gasteiger partial charge in [0.2, 0.25) is 0 Å². The Balaban J connectivity index is 1.70. The normalized spacial score (nSPS) is 33.4. The fraction of sp³-hybridized carbons (Fsp3) is 1.00. The molecule has 3 rings (SSSR count). The Bertz CT molecular complexity index is 230. The molecule has 2 N–H and O–H groups in total. The van der Waals surface area contributed by atoms with E-state index < -0.39 is 0 Å². The van der Waals surface area contributed by atoms with Crippen LogP contribution in [0, 0.1) is 5.92 Å². The molecule has 0 aromatic heterocycles. The molecule has 2 saturated carbocycles. The molecule has 0 spiro atoms. The number of hydrogen-bond donors (Lipinski definition) is 1. The fourth-order valence-corrected chi connectivity index (χ4v) is 3.18. The average Bonchev–Trinajstić information content (AvgIpc) is 2.92. The molecule has 1 heterocycles. The molecule has 3 heteroatoms. The summed E-state index contributed by atoms with van der Waals surface area (Å²) in [5, 5.41) is 0. The number of hydrogen-bond acceptors (Lipinski definition) is 3. The predicted molar refractivity (Wildman–Crippen MR) is 59.7 cm³/mol. The monoisotopic (exact) mass is 210 g/mol. The standard InChI is InChI=1S/C12H22N2O/c13-12(4-5-12)11(10-2-1-3-10)14-6-8-15-9-7-14/h10-11H,1-9,13H2. The van der Waals surface area contributed by atoms with Crippen LogP contribution in [0.4, 0.5) is 0 Å². The van der Waals surface area contributed by atoms with Gasteiger partial charge in [-0.25, -0.2) is 0 Å². The highest BCUT2D eigenvalue weighted by molar-refractivity contribution is 5.11. The predicted octanol–water partition coefficient (Wildman–Crippen LogP) is 0.979. The highest BCUT2D eigenvalue weighted by Crippen LogP contribution is 2.46. The summed E-state index contributed by atoms with van der Waals surface area (Å²) in [6, 6.07) is 0.662. The number of nitrogens with zero attached hydrogens (tertiary/aromatic N) is 1. The zero-order valence-corrected chi connectivity index (χ0v) is 9.45. The molecule has 1 aliphatic heterocycles. The van der Waals surface area contributed by atoms with Crippen LogP contribution in [-0.2, 0) is 4.74 Å². The third-order valence-electron chi connectivity index (χ3n) is 4.45. The molecule has 0 radical (unpaired) electrons. The molecule has 0 aromatic rings. The maximum absolute atomic E-state index is 6.45. The largest absolute Gasteiger partial charge is 0.379 e. The minimum Gasteiger partial charge on any atom is -0.379 e. The van der Waals surface area contributed by atoms with Crippen molar-refractivity contribution < 1.29 is 4.74 Å². The van der Waals surface area contributed by atoms with E-state index in [0.29, 0.717) is 6.04 Å². The van der Waals surface area contributed by atoms with E-state index in [9.17, 15) is 0 Å². The second-order valence-electron chi connectivity index (χ2n) is 5.52. The minimum absolute atomic E-state index is 0.169. The number of morpholine rings is 1. The van der Waals surface area contributed by atoms with Gasteiger partial charge in [0.1, 0.15) is 0 Å². The lowest BCUT2D eigenvalue weighted by Gasteiger charge is -2.46. The summed E-state index contributed by atoms with van der Waals surface area (Å²) in [7, 11) is 0. The van der Waals surface area contributed by atoms with Crippen LogP contribution >= 0.6 is 0 Å². The SMILES string of the molecule is NC1(C(C2CCC2)N2CCOCC2)CC1. The summed E-state index contributed by atoms with van der Waals surface area (Å²) in [4.78, 5) is 2.61. The van der Waals surface area contributed by atoms with E-state index in [1.54, 1.807) is 0 Å². The first-order chi connectivity index (χ1) is 7.30. The van der Waals surface area contributed by atoms with Crippen LogP contribution < -0.4 is 5.73 Å². The molecule has 1 unspecified atom stereocenters. The maximum Gasteiger partial charge on any atom is 0.0594 e. The molecule has 15 heavy (non-hydrogen) atoms. The summed E-state index contributed by atoms with van der Waals surface area (Å²) in [5.41, 5.74) is 6.62. The average molecular weight is 210 g/mol. The van der Waals surface area contributed by atoms with E-state index in [0.717, 1.165) is 32.2 Å². The Morgan fingerprint density at radius 3 is 2.33 bits per heavy atom. The molecule has 2 aliphatic carbocycles. The van der Waals surface area contributed by atoms with Crippen LogP contribution in [0.3, 0.4) is 0 Å². The summed E-state index contributed by atoms with van der Waals surface area (Å²) in [6.07, 6.45) is 6.71. The Morgan fingerprint density at radius 2 is 1.87 bits per heavy atom. The zero-order chi connectivity index (χ0) is 10.3. The topological polar surface area (TPSA) is 38.5 Å². The van der Waals surface area contributed by atoms with Crippen molar-refractivity contribution >= 4 is 0 Å². The summed E-state index contributed by atoms with van der Waals surface area (Å²) in [5.74, 6) is 0.885. The van der Waals surface area contributed by atoms with E-state index in [1.165, 1.54) is 32.1 Å². The van der Waals surface area contributed by atoms with Gasteiger partial charge in [0.25, 0.3) is 0 Å². The summed E-state index contributed by atoms with van der Waals surface area (Å²) < 4.78 is 5.43. The van der Waals surface area contributed by atoms with Gasteiger partial charge in [0, 0.05) is 24.7 Å². The Morgan fingerprint density at radius 1 is 1.20 bits per heavy atom. The van der Waals surface area contributed by atoms with E-state index in [-0.39, 0.29) is 5.54 Å². The first-order valence-electron chi connectivity index (χ1n) is 6.40. The van der Waals surface area contributed by atoms with Crippen molar-refractivity contribution in [1.82, 2.24) is 4.90 Å². The first kappa shape index (κ1) is 10.1. The summed E-state index contributed by atoms with van der Waals surface area (Å²) in [6.45, 7) is 4.00. The van der Waals surface area contributed by atoms with Gasteiger partial charge in [-0.15, -0.1) is 0 Å². The van der Waals surface area contributed by atoms with E-state index in [1.807, 2.05) is 0 Å². The van der Waals surface area contributed by atoms with Crippen molar-refractivity contribution in [3.63, 3.8) is 0 Å².